The molecule has 0 aliphatic rings. The first kappa shape index (κ1) is 15.8. The summed E-state index contributed by atoms with van der Waals surface area (Å²) in [5.74, 6) is -0.711. The maximum absolute atomic E-state index is 12.4. The lowest BCUT2D eigenvalue weighted by Gasteiger charge is -2.13. The summed E-state index contributed by atoms with van der Waals surface area (Å²) in [5.41, 5.74) is 2.74. The third kappa shape index (κ3) is 3.01. The van der Waals surface area contributed by atoms with Gasteiger partial charge in [-0.2, -0.15) is 4.68 Å². The van der Waals surface area contributed by atoms with Crippen LogP contribution >= 0.6 is 0 Å². The molecule has 24 heavy (non-hydrogen) atoms. The molecule has 7 nitrogen and oxygen atoms in total. The second-order valence-corrected chi connectivity index (χ2v) is 5.58. The van der Waals surface area contributed by atoms with E-state index in [4.69, 9.17) is 8.83 Å². The number of carbonyl (C=O) groups is 1. The fourth-order valence-corrected chi connectivity index (χ4v) is 2.34. The van der Waals surface area contributed by atoms with Crippen LogP contribution in [0.2, 0.25) is 0 Å². The zero-order valence-corrected chi connectivity index (χ0v) is 13.6. The SMILES string of the molecule is Cc1ccc(NC(=O)[C@H](C)n2nc(-c3ccco3)oc2=O)c(C)c1. The fourth-order valence-electron chi connectivity index (χ4n) is 2.34. The van der Waals surface area contributed by atoms with Crippen LogP contribution in [0.5, 0.6) is 0 Å². The maximum atomic E-state index is 12.4. The number of aryl methyl sites for hydroxylation is 2. The normalized spacial score (nSPS) is 12.1. The van der Waals surface area contributed by atoms with E-state index in [1.54, 1.807) is 19.1 Å². The van der Waals surface area contributed by atoms with Crippen molar-refractivity contribution in [3.05, 3.63) is 58.3 Å². The topological polar surface area (TPSA) is 90.3 Å². The van der Waals surface area contributed by atoms with Crippen LogP contribution in [-0.2, 0) is 4.79 Å². The molecule has 0 fully saturated rings. The summed E-state index contributed by atoms with van der Waals surface area (Å²) < 4.78 is 11.2. The molecule has 1 atom stereocenters. The zero-order chi connectivity index (χ0) is 17.3. The Morgan fingerprint density at radius 3 is 2.75 bits per heavy atom. The van der Waals surface area contributed by atoms with Gasteiger partial charge in [-0.15, -0.1) is 5.10 Å². The molecular formula is C17H17N3O4. The smallest absolute Gasteiger partial charge is 0.438 e. The number of benzene rings is 1. The number of rotatable bonds is 4. The standard InChI is InChI=1S/C17H17N3O4/c1-10-6-7-13(11(2)9-10)18-15(21)12(3)20-17(22)24-16(19-20)14-5-4-8-23-14/h4-9,12H,1-3H3,(H,18,21)/t12-/m0/s1. The van der Waals surface area contributed by atoms with Gasteiger partial charge in [0.1, 0.15) is 6.04 Å². The minimum absolute atomic E-state index is 0.0381. The fraction of sp³-hybridized carbons (Fsp3) is 0.235. The van der Waals surface area contributed by atoms with E-state index < -0.39 is 11.8 Å². The summed E-state index contributed by atoms with van der Waals surface area (Å²) in [6, 6.07) is 8.16. The van der Waals surface area contributed by atoms with Crippen molar-refractivity contribution < 1.29 is 13.6 Å². The molecule has 0 unspecified atom stereocenters. The van der Waals surface area contributed by atoms with Gasteiger partial charge in [0.25, 0.3) is 5.89 Å². The van der Waals surface area contributed by atoms with E-state index in [9.17, 15) is 9.59 Å². The first-order valence-corrected chi connectivity index (χ1v) is 7.47. The molecule has 124 valence electrons. The Labute approximate surface area is 137 Å². The lowest BCUT2D eigenvalue weighted by molar-refractivity contribution is -0.119. The Morgan fingerprint density at radius 2 is 2.08 bits per heavy atom. The average molecular weight is 327 g/mol. The van der Waals surface area contributed by atoms with Crippen LogP contribution in [0.1, 0.15) is 24.1 Å². The van der Waals surface area contributed by atoms with Crippen molar-refractivity contribution in [3.8, 4) is 11.7 Å². The van der Waals surface area contributed by atoms with Gasteiger partial charge in [0, 0.05) is 5.69 Å². The molecule has 0 saturated heterocycles. The largest absolute Gasteiger partial charge is 0.459 e. The van der Waals surface area contributed by atoms with E-state index in [1.165, 1.54) is 6.26 Å². The van der Waals surface area contributed by atoms with Crippen molar-refractivity contribution in [1.29, 1.82) is 0 Å². The maximum Gasteiger partial charge on any atom is 0.438 e. The minimum Gasteiger partial charge on any atom is -0.459 e. The molecule has 0 radical (unpaired) electrons. The van der Waals surface area contributed by atoms with E-state index in [2.05, 4.69) is 10.4 Å². The Kier molecular flexibility index (Phi) is 4.07. The van der Waals surface area contributed by atoms with Gasteiger partial charge in [-0.05, 0) is 44.5 Å². The second kappa shape index (κ2) is 6.19. The number of aromatic nitrogens is 2. The first-order chi connectivity index (χ1) is 11.5. The summed E-state index contributed by atoms with van der Waals surface area (Å²) in [4.78, 5) is 24.4. The van der Waals surface area contributed by atoms with Crippen molar-refractivity contribution in [2.75, 3.05) is 5.32 Å². The number of hydrogen-bond acceptors (Lipinski definition) is 5. The van der Waals surface area contributed by atoms with E-state index in [-0.39, 0.29) is 11.8 Å². The molecule has 3 aromatic rings. The van der Waals surface area contributed by atoms with Crippen molar-refractivity contribution in [1.82, 2.24) is 9.78 Å². The van der Waals surface area contributed by atoms with Crippen LogP contribution in [0.3, 0.4) is 0 Å². The third-order valence-electron chi connectivity index (χ3n) is 3.69. The van der Waals surface area contributed by atoms with Gasteiger partial charge in [0.15, 0.2) is 5.76 Å². The van der Waals surface area contributed by atoms with Crippen molar-refractivity contribution in [2.45, 2.75) is 26.8 Å². The summed E-state index contributed by atoms with van der Waals surface area (Å²) in [6.45, 7) is 5.46. The Hall–Kier alpha value is -3.09. The monoisotopic (exact) mass is 327 g/mol. The zero-order valence-electron chi connectivity index (χ0n) is 13.6. The highest BCUT2D eigenvalue weighted by Gasteiger charge is 2.22. The van der Waals surface area contributed by atoms with Crippen molar-refractivity contribution >= 4 is 11.6 Å². The van der Waals surface area contributed by atoms with Crippen LogP contribution < -0.4 is 11.1 Å². The number of carbonyl (C=O) groups excluding carboxylic acids is 1. The molecule has 7 heteroatoms. The quantitative estimate of drug-likeness (QED) is 0.795. The van der Waals surface area contributed by atoms with Gasteiger partial charge < -0.3 is 14.2 Å². The van der Waals surface area contributed by atoms with Gasteiger partial charge in [0.05, 0.1) is 6.26 Å². The van der Waals surface area contributed by atoms with Crippen LogP contribution in [-0.4, -0.2) is 15.7 Å². The predicted octanol–water partition coefficient (Wildman–Crippen LogP) is 2.91. The Bertz CT molecular complexity index is 922. The molecule has 3 rings (SSSR count). The van der Waals surface area contributed by atoms with Gasteiger partial charge in [-0.3, -0.25) is 4.79 Å². The molecule has 1 amide bonds. The first-order valence-electron chi connectivity index (χ1n) is 7.47. The molecule has 1 N–H and O–H groups in total. The summed E-state index contributed by atoms with van der Waals surface area (Å²) in [6.07, 6.45) is 1.45. The van der Waals surface area contributed by atoms with Gasteiger partial charge in [-0.1, -0.05) is 17.7 Å². The minimum atomic E-state index is -0.828. The Balaban J connectivity index is 1.82. The molecular weight excluding hydrogens is 310 g/mol. The summed E-state index contributed by atoms with van der Waals surface area (Å²) in [7, 11) is 0. The van der Waals surface area contributed by atoms with E-state index >= 15 is 0 Å². The number of hydrogen-bond donors (Lipinski definition) is 1. The number of amides is 1. The van der Waals surface area contributed by atoms with Crippen LogP contribution in [0, 0.1) is 13.8 Å². The van der Waals surface area contributed by atoms with E-state index in [1.807, 2.05) is 32.0 Å². The molecule has 0 bridgehead atoms. The van der Waals surface area contributed by atoms with Crippen LogP contribution in [0.15, 0.2) is 50.2 Å². The number of nitrogens with zero attached hydrogens (tertiary/aromatic N) is 2. The molecule has 0 aliphatic heterocycles. The van der Waals surface area contributed by atoms with Gasteiger partial charge in [-0.25, -0.2) is 4.79 Å². The number of nitrogens with one attached hydrogen (secondary N) is 1. The average Bonchev–Trinajstić information content (AvgIpc) is 3.18. The molecule has 0 aliphatic carbocycles. The van der Waals surface area contributed by atoms with Crippen molar-refractivity contribution in [3.63, 3.8) is 0 Å². The number of anilines is 1. The predicted molar refractivity (Wildman–Crippen MR) is 87.7 cm³/mol. The molecule has 0 saturated carbocycles. The van der Waals surface area contributed by atoms with Crippen molar-refractivity contribution in [2.24, 2.45) is 0 Å². The van der Waals surface area contributed by atoms with E-state index in [0.717, 1.165) is 15.8 Å². The summed E-state index contributed by atoms with van der Waals surface area (Å²) in [5, 5.41) is 6.84. The van der Waals surface area contributed by atoms with Crippen LogP contribution in [0.4, 0.5) is 5.69 Å². The molecule has 1 aromatic carbocycles. The third-order valence-corrected chi connectivity index (χ3v) is 3.69. The number of furan rings is 1. The van der Waals surface area contributed by atoms with Gasteiger partial charge >= 0.3 is 5.76 Å². The lowest BCUT2D eigenvalue weighted by Crippen LogP contribution is -2.30. The molecule has 2 aromatic heterocycles. The van der Waals surface area contributed by atoms with E-state index in [0.29, 0.717) is 11.4 Å². The van der Waals surface area contributed by atoms with Crippen LogP contribution in [0.25, 0.3) is 11.7 Å². The Morgan fingerprint density at radius 1 is 1.29 bits per heavy atom. The highest BCUT2D eigenvalue weighted by atomic mass is 16.4. The lowest BCUT2D eigenvalue weighted by atomic mass is 10.1. The summed E-state index contributed by atoms with van der Waals surface area (Å²) >= 11 is 0. The molecule has 0 spiro atoms. The van der Waals surface area contributed by atoms with Gasteiger partial charge in [0.2, 0.25) is 5.91 Å². The second-order valence-electron chi connectivity index (χ2n) is 5.58. The highest BCUT2D eigenvalue weighted by molar-refractivity contribution is 5.94. The highest BCUT2D eigenvalue weighted by Crippen LogP contribution is 2.19. The molecule has 2 heterocycles.